The second-order valence-corrected chi connectivity index (χ2v) is 6.15. The topological polar surface area (TPSA) is 29.9 Å². The van der Waals surface area contributed by atoms with E-state index in [1.54, 1.807) is 0 Å². The molecule has 1 aromatic heterocycles. The van der Waals surface area contributed by atoms with Crippen molar-refractivity contribution in [1.29, 1.82) is 0 Å². The van der Waals surface area contributed by atoms with Crippen LogP contribution in [0.4, 0.5) is 5.69 Å². The summed E-state index contributed by atoms with van der Waals surface area (Å²) in [6.45, 7) is 4.72. The zero-order valence-corrected chi connectivity index (χ0v) is 12.3. The lowest BCUT2D eigenvalue weighted by atomic mass is 9.80. The molecule has 3 rings (SSSR count). The highest BCUT2D eigenvalue weighted by Gasteiger charge is 2.25. The number of hydrogen-bond donors (Lipinski definition) is 1. The molecular formula is C17H23N3. The van der Waals surface area contributed by atoms with Crippen molar-refractivity contribution in [3.05, 3.63) is 42.7 Å². The lowest BCUT2D eigenvalue weighted by molar-refractivity contribution is 0.281. The Labute approximate surface area is 121 Å². The van der Waals surface area contributed by atoms with Crippen molar-refractivity contribution in [3.63, 3.8) is 0 Å². The average Bonchev–Trinajstić information content (AvgIpc) is 2.97. The molecular weight excluding hydrogens is 246 g/mol. The van der Waals surface area contributed by atoms with Crippen LogP contribution >= 0.6 is 0 Å². The molecule has 0 aliphatic heterocycles. The first-order chi connectivity index (χ1) is 9.72. The van der Waals surface area contributed by atoms with Gasteiger partial charge in [0.2, 0.25) is 0 Å². The van der Waals surface area contributed by atoms with Crippen LogP contribution in [0.5, 0.6) is 0 Å². The van der Waals surface area contributed by atoms with Gasteiger partial charge < -0.3 is 5.32 Å². The van der Waals surface area contributed by atoms with Gasteiger partial charge in [-0.3, -0.25) is 0 Å². The maximum Gasteiger partial charge on any atom is 0.0666 e. The van der Waals surface area contributed by atoms with Gasteiger partial charge in [0.25, 0.3) is 0 Å². The van der Waals surface area contributed by atoms with Gasteiger partial charge in [-0.15, -0.1) is 0 Å². The third-order valence-electron chi connectivity index (χ3n) is 4.43. The molecule has 3 heteroatoms. The highest BCUT2D eigenvalue weighted by atomic mass is 15.3. The third kappa shape index (κ3) is 2.87. The lowest BCUT2D eigenvalue weighted by Gasteiger charge is -2.34. The van der Waals surface area contributed by atoms with E-state index in [0.29, 0.717) is 6.04 Å². The first-order valence-corrected chi connectivity index (χ1v) is 7.59. The number of aromatic nitrogens is 2. The number of rotatable bonds is 3. The van der Waals surface area contributed by atoms with E-state index in [9.17, 15) is 0 Å². The predicted molar refractivity (Wildman–Crippen MR) is 83.2 cm³/mol. The van der Waals surface area contributed by atoms with Crippen LogP contribution in [0, 0.1) is 11.8 Å². The predicted octanol–water partition coefficient (Wildman–Crippen LogP) is 4.11. The molecule has 3 unspecified atom stereocenters. The molecule has 3 atom stereocenters. The molecule has 0 radical (unpaired) electrons. The molecule has 1 heterocycles. The van der Waals surface area contributed by atoms with E-state index in [0.717, 1.165) is 17.5 Å². The summed E-state index contributed by atoms with van der Waals surface area (Å²) in [5.41, 5.74) is 2.31. The fourth-order valence-corrected chi connectivity index (χ4v) is 3.11. The maximum atomic E-state index is 4.29. The molecule has 1 aliphatic carbocycles. The largest absolute Gasteiger partial charge is 0.382 e. The zero-order valence-electron chi connectivity index (χ0n) is 12.3. The first kappa shape index (κ1) is 13.2. The Hall–Kier alpha value is -1.77. The summed E-state index contributed by atoms with van der Waals surface area (Å²) in [7, 11) is 0. The smallest absolute Gasteiger partial charge is 0.0666 e. The van der Waals surface area contributed by atoms with E-state index in [1.807, 2.05) is 23.1 Å². The Kier molecular flexibility index (Phi) is 3.77. The zero-order chi connectivity index (χ0) is 13.9. The van der Waals surface area contributed by atoms with Crippen molar-refractivity contribution in [1.82, 2.24) is 9.78 Å². The molecule has 0 spiro atoms. The molecule has 3 nitrogen and oxygen atoms in total. The van der Waals surface area contributed by atoms with Crippen LogP contribution in [0.25, 0.3) is 5.69 Å². The summed E-state index contributed by atoms with van der Waals surface area (Å²) in [4.78, 5) is 0. The highest BCUT2D eigenvalue weighted by molar-refractivity contribution is 5.51. The van der Waals surface area contributed by atoms with E-state index < -0.39 is 0 Å². The van der Waals surface area contributed by atoms with Crippen LogP contribution in [0.2, 0.25) is 0 Å². The summed E-state index contributed by atoms with van der Waals surface area (Å²) in [6, 6.07) is 11.1. The first-order valence-electron chi connectivity index (χ1n) is 7.59. The Morgan fingerprint density at radius 1 is 1.20 bits per heavy atom. The van der Waals surface area contributed by atoms with Crippen molar-refractivity contribution in [2.45, 2.75) is 39.2 Å². The summed E-state index contributed by atoms with van der Waals surface area (Å²) in [5, 5.41) is 8.01. The highest BCUT2D eigenvalue weighted by Crippen LogP contribution is 2.30. The minimum Gasteiger partial charge on any atom is -0.382 e. The van der Waals surface area contributed by atoms with Crippen molar-refractivity contribution in [3.8, 4) is 5.69 Å². The van der Waals surface area contributed by atoms with E-state index in [4.69, 9.17) is 0 Å². The van der Waals surface area contributed by atoms with Crippen LogP contribution in [0.1, 0.15) is 33.1 Å². The number of nitrogens with one attached hydrogen (secondary N) is 1. The minimum atomic E-state index is 0.589. The SMILES string of the molecule is CC1CCC(C)C(Nc2cccc(-n3cccn3)c2)C1. The van der Waals surface area contributed by atoms with Crippen LogP contribution in [-0.2, 0) is 0 Å². The second kappa shape index (κ2) is 5.70. The van der Waals surface area contributed by atoms with E-state index in [-0.39, 0.29) is 0 Å². The monoisotopic (exact) mass is 269 g/mol. The third-order valence-corrected chi connectivity index (χ3v) is 4.43. The Balaban J connectivity index is 1.76. The molecule has 1 saturated carbocycles. The molecule has 106 valence electrons. The van der Waals surface area contributed by atoms with Gasteiger partial charge in [-0.25, -0.2) is 4.68 Å². The molecule has 1 N–H and O–H groups in total. The number of anilines is 1. The van der Waals surface area contributed by atoms with Crippen molar-refractivity contribution < 1.29 is 0 Å². The Morgan fingerprint density at radius 3 is 2.90 bits per heavy atom. The van der Waals surface area contributed by atoms with Crippen molar-refractivity contribution in [2.75, 3.05) is 5.32 Å². The maximum absolute atomic E-state index is 4.29. The standard InChI is InChI=1S/C17H23N3/c1-13-7-8-14(2)17(11-13)19-15-5-3-6-16(12-15)20-10-4-9-18-20/h3-6,9-10,12-14,17,19H,7-8,11H2,1-2H3. The van der Waals surface area contributed by atoms with Gasteiger partial charge in [-0.1, -0.05) is 26.3 Å². The van der Waals surface area contributed by atoms with Gasteiger partial charge in [-0.2, -0.15) is 5.10 Å². The van der Waals surface area contributed by atoms with Gasteiger partial charge in [0.1, 0.15) is 0 Å². The molecule has 1 aliphatic rings. The number of nitrogens with zero attached hydrogens (tertiary/aromatic N) is 2. The van der Waals surface area contributed by atoms with Crippen molar-refractivity contribution >= 4 is 5.69 Å². The number of benzene rings is 1. The molecule has 0 saturated heterocycles. The van der Waals surface area contributed by atoms with Gasteiger partial charge in [0.05, 0.1) is 5.69 Å². The normalized spacial score (nSPS) is 26.4. The van der Waals surface area contributed by atoms with Crippen LogP contribution in [0.3, 0.4) is 0 Å². The van der Waals surface area contributed by atoms with Crippen LogP contribution in [-0.4, -0.2) is 15.8 Å². The van der Waals surface area contributed by atoms with Gasteiger partial charge in [0, 0.05) is 24.1 Å². The Bertz CT molecular complexity index is 547. The molecule has 20 heavy (non-hydrogen) atoms. The van der Waals surface area contributed by atoms with Crippen LogP contribution in [0.15, 0.2) is 42.7 Å². The minimum absolute atomic E-state index is 0.589. The summed E-state index contributed by atoms with van der Waals surface area (Å²) in [5.74, 6) is 1.58. The summed E-state index contributed by atoms with van der Waals surface area (Å²) >= 11 is 0. The van der Waals surface area contributed by atoms with E-state index in [2.05, 4.69) is 48.5 Å². The number of hydrogen-bond acceptors (Lipinski definition) is 2. The fourth-order valence-electron chi connectivity index (χ4n) is 3.11. The fraction of sp³-hybridized carbons (Fsp3) is 0.471. The molecule has 2 aromatic rings. The average molecular weight is 269 g/mol. The van der Waals surface area contributed by atoms with Gasteiger partial charge in [-0.05, 0) is 48.9 Å². The molecule has 1 aromatic carbocycles. The Morgan fingerprint density at radius 2 is 2.10 bits per heavy atom. The van der Waals surface area contributed by atoms with Gasteiger partial charge in [0.15, 0.2) is 0 Å². The second-order valence-electron chi connectivity index (χ2n) is 6.15. The molecule has 0 bridgehead atoms. The molecule has 0 amide bonds. The lowest BCUT2D eigenvalue weighted by Crippen LogP contribution is -2.33. The van der Waals surface area contributed by atoms with Crippen molar-refractivity contribution in [2.24, 2.45) is 11.8 Å². The van der Waals surface area contributed by atoms with E-state index >= 15 is 0 Å². The van der Waals surface area contributed by atoms with Gasteiger partial charge >= 0.3 is 0 Å². The summed E-state index contributed by atoms with van der Waals surface area (Å²) < 4.78 is 1.90. The quantitative estimate of drug-likeness (QED) is 0.908. The van der Waals surface area contributed by atoms with E-state index in [1.165, 1.54) is 24.9 Å². The van der Waals surface area contributed by atoms with Crippen LogP contribution < -0.4 is 5.32 Å². The summed E-state index contributed by atoms with van der Waals surface area (Å²) in [6.07, 6.45) is 7.76. The molecule has 1 fully saturated rings.